The van der Waals surface area contributed by atoms with Gasteiger partial charge in [0.2, 0.25) is 15.9 Å². The third-order valence-electron chi connectivity index (χ3n) is 4.31. The maximum atomic E-state index is 12.7. The van der Waals surface area contributed by atoms with E-state index in [9.17, 15) is 13.2 Å². The first-order chi connectivity index (χ1) is 13.0. The topological polar surface area (TPSA) is 87.7 Å². The fraction of sp³-hybridized carbons (Fsp3) is 0.316. The summed E-state index contributed by atoms with van der Waals surface area (Å²) in [5, 5.41) is 5.82. The molecule has 27 heavy (non-hydrogen) atoms. The zero-order valence-corrected chi connectivity index (χ0v) is 16.0. The number of benzene rings is 2. The first-order valence-electron chi connectivity index (χ1n) is 8.74. The van der Waals surface area contributed by atoms with Crippen LogP contribution < -0.4 is 10.6 Å². The fourth-order valence-electron chi connectivity index (χ4n) is 2.79. The highest BCUT2D eigenvalue weighted by atomic mass is 32.2. The van der Waals surface area contributed by atoms with Gasteiger partial charge in [-0.15, -0.1) is 0 Å². The molecule has 1 amide bonds. The Hall–Kier alpha value is -2.42. The number of rotatable bonds is 6. The molecule has 2 aromatic carbocycles. The summed E-state index contributed by atoms with van der Waals surface area (Å²) in [6, 6.07) is 14.0. The average molecular weight is 389 g/mol. The zero-order valence-electron chi connectivity index (χ0n) is 15.1. The van der Waals surface area contributed by atoms with Crippen LogP contribution in [0.25, 0.3) is 0 Å². The summed E-state index contributed by atoms with van der Waals surface area (Å²) in [4.78, 5) is 12.4. The van der Waals surface area contributed by atoms with Gasteiger partial charge in [0.25, 0.3) is 0 Å². The van der Waals surface area contributed by atoms with Crippen LogP contribution >= 0.6 is 0 Å². The number of sulfonamides is 1. The van der Waals surface area contributed by atoms with Crippen molar-refractivity contribution in [2.24, 2.45) is 0 Å². The molecule has 1 fully saturated rings. The van der Waals surface area contributed by atoms with Gasteiger partial charge in [-0.2, -0.15) is 4.31 Å². The standard InChI is InChI=1S/C19H23N3O4S/c1-15-5-2-3-8-18(15)21-19(23)14-20-16-6-4-7-17(13-16)27(24,25)22-9-11-26-12-10-22/h2-8,13,20H,9-12,14H2,1H3,(H,21,23). The van der Waals surface area contributed by atoms with E-state index in [0.717, 1.165) is 11.3 Å². The number of anilines is 2. The predicted octanol–water partition coefficient (Wildman–Crippen LogP) is 2.07. The Morgan fingerprint density at radius 2 is 1.85 bits per heavy atom. The van der Waals surface area contributed by atoms with Crippen molar-refractivity contribution in [1.82, 2.24) is 4.31 Å². The number of morpholine rings is 1. The van der Waals surface area contributed by atoms with Crippen LogP contribution in [-0.4, -0.2) is 51.5 Å². The Morgan fingerprint density at radius 3 is 2.59 bits per heavy atom. The van der Waals surface area contributed by atoms with E-state index in [2.05, 4.69) is 10.6 Å². The summed E-state index contributed by atoms with van der Waals surface area (Å²) in [6.07, 6.45) is 0. The molecule has 0 bridgehead atoms. The van der Waals surface area contributed by atoms with Gasteiger partial charge in [-0.25, -0.2) is 8.42 Å². The maximum absolute atomic E-state index is 12.7. The number of aryl methyl sites for hydroxylation is 1. The van der Waals surface area contributed by atoms with Gasteiger partial charge in [-0.3, -0.25) is 4.79 Å². The fourth-order valence-corrected chi connectivity index (χ4v) is 4.25. The molecule has 144 valence electrons. The van der Waals surface area contributed by atoms with E-state index in [1.54, 1.807) is 24.3 Å². The molecule has 8 heteroatoms. The van der Waals surface area contributed by atoms with E-state index in [0.29, 0.717) is 32.0 Å². The van der Waals surface area contributed by atoms with Gasteiger partial charge in [0.15, 0.2) is 0 Å². The van der Waals surface area contributed by atoms with E-state index in [1.165, 1.54) is 4.31 Å². The molecule has 1 heterocycles. The number of para-hydroxylation sites is 1. The first kappa shape index (κ1) is 19.3. The normalized spacial score (nSPS) is 15.3. The molecule has 2 aromatic rings. The number of nitrogens with zero attached hydrogens (tertiary/aromatic N) is 1. The summed E-state index contributed by atoms with van der Waals surface area (Å²) in [5.74, 6) is -0.203. The van der Waals surface area contributed by atoms with E-state index >= 15 is 0 Å². The van der Waals surface area contributed by atoms with Crippen molar-refractivity contribution in [2.45, 2.75) is 11.8 Å². The number of amides is 1. The van der Waals surface area contributed by atoms with Crippen molar-refractivity contribution in [3.8, 4) is 0 Å². The molecule has 1 saturated heterocycles. The SMILES string of the molecule is Cc1ccccc1NC(=O)CNc1cccc(S(=O)(=O)N2CCOCC2)c1. The molecule has 1 aliphatic heterocycles. The van der Waals surface area contributed by atoms with Gasteiger partial charge >= 0.3 is 0 Å². The van der Waals surface area contributed by atoms with Gasteiger partial charge < -0.3 is 15.4 Å². The second-order valence-electron chi connectivity index (χ2n) is 6.26. The van der Waals surface area contributed by atoms with Crippen molar-refractivity contribution >= 4 is 27.3 Å². The molecule has 3 rings (SSSR count). The molecule has 2 N–H and O–H groups in total. The molecular formula is C19H23N3O4S. The number of ether oxygens (including phenoxy) is 1. The average Bonchev–Trinajstić information content (AvgIpc) is 2.69. The van der Waals surface area contributed by atoms with Crippen LogP contribution in [-0.2, 0) is 19.6 Å². The Morgan fingerprint density at radius 1 is 1.11 bits per heavy atom. The largest absolute Gasteiger partial charge is 0.379 e. The third kappa shape index (κ3) is 4.85. The summed E-state index contributed by atoms with van der Waals surface area (Å²) < 4.78 is 32.1. The summed E-state index contributed by atoms with van der Waals surface area (Å²) >= 11 is 0. The van der Waals surface area contributed by atoms with Crippen LogP contribution in [0.5, 0.6) is 0 Å². The van der Waals surface area contributed by atoms with Gasteiger partial charge in [-0.05, 0) is 36.8 Å². The number of hydrogen-bond acceptors (Lipinski definition) is 5. The molecule has 0 unspecified atom stereocenters. The predicted molar refractivity (Wildman–Crippen MR) is 104 cm³/mol. The van der Waals surface area contributed by atoms with Crippen molar-refractivity contribution < 1.29 is 17.9 Å². The minimum absolute atomic E-state index is 0.0371. The van der Waals surface area contributed by atoms with Crippen molar-refractivity contribution in [1.29, 1.82) is 0 Å². The molecule has 0 spiro atoms. The number of carbonyl (C=O) groups is 1. The van der Waals surface area contributed by atoms with Crippen LogP contribution in [0, 0.1) is 6.92 Å². The lowest BCUT2D eigenvalue weighted by atomic mass is 10.2. The van der Waals surface area contributed by atoms with E-state index in [1.807, 2.05) is 31.2 Å². The summed E-state index contributed by atoms with van der Waals surface area (Å²) in [6.45, 7) is 3.45. The van der Waals surface area contributed by atoms with Crippen LogP contribution in [0.2, 0.25) is 0 Å². The molecule has 1 aliphatic rings. The van der Waals surface area contributed by atoms with E-state index in [4.69, 9.17) is 4.74 Å². The summed E-state index contributed by atoms with van der Waals surface area (Å²) in [7, 11) is -3.56. The van der Waals surface area contributed by atoms with Crippen molar-refractivity contribution in [2.75, 3.05) is 43.5 Å². The van der Waals surface area contributed by atoms with Gasteiger partial charge in [0.1, 0.15) is 0 Å². The Labute approximate surface area is 159 Å². The van der Waals surface area contributed by atoms with Gasteiger partial charge in [0, 0.05) is 24.5 Å². The van der Waals surface area contributed by atoms with Crippen molar-refractivity contribution in [3.63, 3.8) is 0 Å². The van der Waals surface area contributed by atoms with Crippen LogP contribution in [0.3, 0.4) is 0 Å². The summed E-state index contributed by atoms with van der Waals surface area (Å²) in [5.41, 5.74) is 2.31. The quantitative estimate of drug-likeness (QED) is 0.790. The Kier molecular flexibility index (Phi) is 6.10. The molecule has 0 aliphatic carbocycles. The van der Waals surface area contributed by atoms with E-state index in [-0.39, 0.29) is 17.3 Å². The van der Waals surface area contributed by atoms with Crippen LogP contribution in [0.1, 0.15) is 5.56 Å². The number of hydrogen-bond donors (Lipinski definition) is 2. The van der Waals surface area contributed by atoms with Gasteiger partial charge in [-0.1, -0.05) is 24.3 Å². The lowest BCUT2D eigenvalue weighted by Crippen LogP contribution is -2.40. The lowest BCUT2D eigenvalue weighted by molar-refractivity contribution is -0.114. The number of nitrogens with one attached hydrogen (secondary N) is 2. The maximum Gasteiger partial charge on any atom is 0.243 e. The second-order valence-corrected chi connectivity index (χ2v) is 8.20. The monoisotopic (exact) mass is 389 g/mol. The molecule has 0 aromatic heterocycles. The molecule has 0 atom stereocenters. The van der Waals surface area contributed by atoms with Crippen molar-refractivity contribution in [3.05, 3.63) is 54.1 Å². The highest BCUT2D eigenvalue weighted by molar-refractivity contribution is 7.89. The molecular weight excluding hydrogens is 366 g/mol. The molecule has 0 saturated carbocycles. The van der Waals surface area contributed by atoms with Crippen LogP contribution in [0.15, 0.2) is 53.4 Å². The minimum atomic E-state index is -3.56. The van der Waals surface area contributed by atoms with Crippen LogP contribution in [0.4, 0.5) is 11.4 Å². The molecule has 7 nitrogen and oxygen atoms in total. The lowest BCUT2D eigenvalue weighted by Gasteiger charge is -2.26. The highest BCUT2D eigenvalue weighted by Crippen LogP contribution is 2.20. The van der Waals surface area contributed by atoms with E-state index < -0.39 is 10.0 Å². The Bertz CT molecular complexity index is 909. The zero-order chi connectivity index (χ0) is 19.3. The first-order valence-corrected chi connectivity index (χ1v) is 10.2. The van der Waals surface area contributed by atoms with Gasteiger partial charge in [0.05, 0.1) is 24.7 Å². The third-order valence-corrected chi connectivity index (χ3v) is 6.21. The number of carbonyl (C=O) groups excluding carboxylic acids is 1. The molecule has 0 radical (unpaired) electrons. The second kappa shape index (κ2) is 8.51. The highest BCUT2D eigenvalue weighted by Gasteiger charge is 2.26. The minimum Gasteiger partial charge on any atom is -0.379 e. The smallest absolute Gasteiger partial charge is 0.243 e. The Balaban J connectivity index is 1.64.